The van der Waals surface area contributed by atoms with Crippen molar-refractivity contribution in [1.82, 2.24) is 0 Å². The maximum absolute atomic E-state index is 12.2. The number of nitrogens with zero attached hydrogens (tertiary/aromatic N) is 1. The molecule has 1 amide bonds. The summed E-state index contributed by atoms with van der Waals surface area (Å²) in [4.78, 5) is 14.1. The lowest BCUT2D eigenvalue weighted by atomic mass is 9.98. The molecule has 0 aliphatic carbocycles. The van der Waals surface area contributed by atoms with Crippen molar-refractivity contribution in [2.24, 2.45) is 11.7 Å². The van der Waals surface area contributed by atoms with E-state index < -0.39 is 0 Å². The van der Waals surface area contributed by atoms with Crippen LogP contribution in [0.4, 0.5) is 5.69 Å². The molecule has 3 nitrogen and oxygen atoms in total. The van der Waals surface area contributed by atoms with E-state index in [-0.39, 0.29) is 24.2 Å². The van der Waals surface area contributed by atoms with Gasteiger partial charge in [0.25, 0.3) is 0 Å². The SMILES string of the molecule is Cc1ccc2c(c1)CCCN2C(=O)C(C)CN.Cl. The van der Waals surface area contributed by atoms with Crippen LogP contribution in [0.3, 0.4) is 0 Å². The predicted octanol–water partition coefficient (Wildman–Crippen LogP) is 2.29. The Morgan fingerprint density at radius 1 is 1.50 bits per heavy atom. The highest BCUT2D eigenvalue weighted by molar-refractivity contribution is 5.96. The first-order chi connectivity index (χ1) is 8.13. The molecule has 1 unspecified atom stereocenters. The Morgan fingerprint density at radius 3 is 2.89 bits per heavy atom. The molecule has 1 heterocycles. The Kier molecular flexibility index (Phi) is 5.17. The van der Waals surface area contributed by atoms with Gasteiger partial charge in [0.05, 0.1) is 0 Å². The van der Waals surface area contributed by atoms with Gasteiger partial charge in [-0.15, -0.1) is 12.4 Å². The molecule has 1 aliphatic heterocycles. The van der Waals surface area contributed by atoms with E-state index in [2.05, 4.69) is 25.1 Å². The van der Waals surface area contributed by atoms with Crippen LogP contribution >= 0.6 is 12.4 Å². The molecular formula is C14H21ClN2O. The lowest BCUT2D eigenvalue weighted by Crippen LogP contribution is -2.41. The van der Waals surface area contributed by atoms with E-state index in [1.165, 1.54) is 11.1 Å². The molecule has 0 saturated heterocycles. The van der Waals surface area contributed by atoms with Crippen LogP contribution in [0.2, 0.25) is 0 Å². The highest BCUT2D eigenvalue weighted by atomic mass is 35.5. The van der Waals surface area contributed by atoms with Crippen LogP contribution < -0.4 is 10.6 Å². The van der Waals surface area contributed by atoms with Crippen molar-refractivity contribution in [2.45, 2.75) is 26.7 Å². The zero-order valence-corrected chi connectivity index (χ0v) is 11.8. The highest BCUT2D eigenvalue weighted by Crippen LogP contribution is 2.28. The van der Waals surface area contributed by atoms with Crippen LogP contribution in [-0.2, 0) is 11.2 Å². The normalized spacial score (nSPS) is 15.6. The smallest absolute Gasteiger partial charge is 0.231 e. The number of carbonyl (C=O) groups excluding carboxylic acids is 1. The van der Waals surface area contributed by atoms with Gasteiger partial charge in [0.2, 0.25) is 5.91 Å². The number of amides is 1. The molecule has 2 N–H and O–H groups in total. The number of nitrogens with two attached hydrogens (primary N) is 1. The molecule has 2 rings (SSSR count). The summed E-state index contributed by atoms with van der Waals surface area (Å²) in [7, 11) is 0. The second-order valence-corrected chi connectivity index (χ2v) is 4.86. The van der Waals surface area contributed by atoms with Gasteiger partial charge in [0, 0.05) is 24.7 Å². The Hall–Kier alpha value is -1.06. The number of anilines is 1. The molecule has 100 valence electrons. The van der Waals surface area contributed by atoms with Gasteiger partial charge >= 0.3 is 0 Å². The lowest BCUT2D eigenvalue weighted by Gasteiger charge is -2.31. The number of hydrogen-bond acceptors (Lipinski definition) is 2. The fraction of sp³-hybridized carbons (Fsp3) is 0.500. The maximum atomic E-state index is 12.2. The number of benzene rings is 1. The second kappa shape index (κ2) is 6.21. The van der Waals surface area contributed by atoms with Crippen molar-refractivity contribution in [2.75, 3.05) is 18.0 Å². The average Bonchev–Trinajstić information content (AvgIpc) is 2.35. The lowest BCUT2D eigenvalue weighted by molar-refractivity contribution is -0.121. The van der Waals surface area contributed by atoms with Crippen LogP contribution in [0.5, 0.6) is 0 Å². The molecule has 4 heteroatoms. The molecular weight excluding hydrogens is 248 g/mol. The van der Waals surface area contributed by atoms with Crippen molar-refractivity contribution in [3.05, 3.63) is 29.3 Å². The van der Waals surface area contributed by atoms with Gasteiger partial charge in [0.15, 0.2) is 0 Å². The van der Waals surface area contributed by atoms with E-state index >= 15 is 0 Å². The number of carbonyl (C=O) groups is 1. The van der Waals surface area contributed by atoms with Crippen molar-refractivity contribution >= 4 is 24.0 Å². The van der Waals surface area contributed by atoms with Crippen LogP contribution in [0.15, 0.2) is 18.2 Å². The van der Waals surface area contributed by atoms with Gasteiger partial charge in [-0.05, 0) is 31.4 Å². The molecule has 0 spiro atoms. The highest BCUT2D eigenvalue weighted by Gasteiger charge is 2.25. The summed E-state index contributed by atoms with van der Waals surface area (Å²) >= 11 is 0. The summed E-state index contributed by atoms with van der Waals surface area (Å²) in [5, 5.41) is 0. The predicted molar refractivity (Wildman–Crippen MR) is 77.3 cm³/mol. The minimum absolute atomic E-state index is 0. The molecule has 0 saturated carbocycles. The molecule has 1 aromatic carbocycles. The standard InChI is InChI=1S/C14H20N2O.ClH/c1-10-5-6-13-12(8-10)4-3-7-16(13)14(17)11(2)9-15;/h5-6,8,11H,3-4,7,9,15H2,1-2H3;1H. The number of hydrogen-bond donors (Lipinski definition) is 1. The van der Waals surface area contributed by atoms with E-state index in [1.807, 2.05) is 11.8 Å². The quantitative estimate of drug-likeness (QED) is 0.895. The van der Waals surface area contributed by atoms with Crippen LogP contribution in [-0.4, -0.2) is 19.0 Å². The number of aryl methyl sites for hydroxylation is 2. The van der Waals surface area contributed by atoms with Gasteiger partial charge in [-0.3, -0.25) is 4.79 Å². The number of rotatable bonds is 2. The van der Waals surface area contributed by atoms with E-state index in [1.54, 1.807) is 0 Å². The van der Waals surface area contributed by atoms with Crippen molar-refractivity contribution in [1.29, 1.82) is 0 Å². The first kappa shape index (κ1) is 15.0. The molecule has 1 atom stereocenters. The van der Waals surface area contributed by atoms with E-state index in [9.17, 15) is 4.79 Å². The minimum atomic E-state index is -0.0951. The Labute approximate surface area is 115 Å². The van der Waals surface area contributed by atoms with Gasteiger partial charge in [-0.1, -0.05) is 24.6 Å². The molecule has 0 radical (unpaired) electrons. The Morgan fingerprint density at radius 2 is 2.22 bits per heavy atom. The first-order valence-corrected chi connectivity index (χ1v) is 6.24. The zero-order chi connectivity index (χ0) is 12.4. The van der Waals surface area contributed by atoms with Gasteiger partial charge in [-0.2, -0.15) is 0 Å². The largest absolute Gasteiger partial charge is 0.330 e. The van der Waals surface area contributed by atoms with Crippen molar-refractivity contribution in [3.8, 4) is 0 Å². The summed E-state index contributed by atoms with van der Waals surface area (Å²) in [6, 6.07) is 6.31. The van der Waals surface area contributed by atoms with E-state index in [4.69, 9.17) is 5.73 Å². The van der Waals surface area contributed by atoms with Crippen LogP contribution in [0, 0.1) is 12.8 Å². The molecule has 18 heavy (non-hydrogen) atoms. The Balaban J connectivity index is 0.00000162. The summed E-state index contributed by atoms with van der Waals surface area (Å²) in [5.74, 6) is 0.0551. The fourth-order valence-electron chi connectivity index (χ4n) is 2.32. The summed E-state index contributed by atoms with van der Waals surface area (Å²) in [5.41, 5.74) is 9.19. The summed E-state index contributed by atoms with van der Waals surface area (Å²) in [6.45, 7) is 5.21. The third-order valence-corrected chi connectivity index (χ3v) is 3.39. The van der Waals surface area contributed by atoms with Crippen molar-refractivity contribution < 1.29 is 4.79 Å². The zero-order valence-electron chi connectivity index (χ0n) is 11.0. The van der Waals surface area contributed by atoms with Gasteiger partial charge in [-0.25, -0.2) is 0 Å². The number of halogens is 1. The molecule has 0 fully saturated rings. The fourth-order valence-corrected chi connectivity index (χ4v) is 2.32. The third kappa shape index (κ3) is 2.85. The summed E-state index contributed by atoms with van der Waals surface area (Å²) < 4.78 is 0. The maximum Gasteiger partial charge on any atom is 0.231 e. The van der Waals surface area contributed by atoms with Gasteiger partial charge in [0.1, 0.15) is 0 Å². The monoisotopic (exact) mass is 268 g/mol. The average molecular weight is 269 g/mol. The second-order valence-electron chi connectivity index (χ2n) is 4.86. The number of fused-ring (bicyclic) bond motifs is 1. The molecule has 0 bridgehead atoms. The van der Waals surface area contributed by atoms with E-state index in [0.717, 1.165) is 25.1 Å². The molecule has 1 aromatic rings. The third-order valence-electron chi connectivity index (χ3n) is 3.39. The molecule has 1 aliphatic rings. The van der Waals surface area contributed by atoms with E-state index in [0.29, 0.717) is 6.54 Å². The first-order valence-electron chi connectivity index (χ1n) is 6.24. The topological polar surface area (TPSA) is 46.3 Å². The summed E-state index contributed by atoms with van der Waals surface area (Å²) in [6.07, 6.45) is 2.11. The molecule has 0 aromatic heterocycles. The Bertz CT molecular complexity index is 434. The van der Waals surface area contributed by atoms with Crippen LogP contribution in [0.1, 0.15) is 24.5 Å². The van der Waals surface area contributed by atoms with Crippen molar-refractivity contribution in [3.63, 3.8) is 0 Å². The van der Waals surface area contributed by atoms with Gasteiger partial charge < -0.3 is 10.6 Å². The van der Waals surface area contributed by atoms with Crippen LogP contribution in [0.25, 0.3) is 0 Å². The minimum Gasteiger partial charge on any atom is -0.330 e.